The van der Waals surface area contributed by atoms with E-state index in [1.165, 1.54) is 5.69 Å². The first-order valence-electron chi connectivity index (χ1n) is 6.98. The molecule has 0 atom stereocenters. The van der Waals surface area contributed by atoms with Gasteiger partial charge in [-0.3, -0.25) is 4.68 Å². The summed E-state index contributed by atoms with van der Waals surface area (Å²) in [6, 6.07) is 5.96. The molecule has 0 spiro atoms. The van der Waals surface area contributed by atoms with Crippen molar-refractivity contribution < 1.29 is 0 Å². The van der Waals surface area contributed by atoms with Crippen molar-refractivity contribution in [1.29, 1.82) is 0 Å². The molecular formula is C15H20Br2N4. The molecule has 0 aliphatic rings. The van der Waals surface area contributed by atoms with Crippen LogP contribution in [0.2, 0.25) is 0 Å². The molecule has 0 radical (unpaired) electrons. The van der Waals surface area contributed by atoms with E-state index in [4.69, 9.17) is 5.73 Å². The second kappa shape index (κ2) is 6.83. The molecule has 1 heterocycles. The summed E-state index contributed by atoms with van der Waals surface area (Å²) in [4.78, 5) is 2.15. The second-order valence-corrected chi connectivity index (χ2v) is 6.64. The predicted molar refractivity (Wildman–Crippen MR) is 95.6 cm³/mol. The van der Waals surface area contributed by atoms with Gasteiger partial charge in [-0.15, -0.1) is 0 Å². The molecule has 0 saturated carbocycles. The Labute approximate surface area is 142 Å². The topological polar surface area (TPSA) is 47.1 Å². The Morgan fingerprint density at radius 1 is 1.29 bits per heavy atom. The van der Waals surface area contributed by atoms with E-state index >= 15 is 0 Å². The Morgan fingerprint density at radius 2 is 2.00 bits per heavy atom. The number of nitrogens with two attached hydrogens (primary N) is 1. The van der Waals surface area contributed by atoms with Crippen molar-refractivity contribution in [3.8, 4) is 0 Å². The van der Waals surface area contributed by atoms with Crippen molar-refractivity contribution in [2.45, 2.75) is 33.4 Å². The molecule has 1 aromatic heterocycles. The molecule has 114 valence electrons. The van der Waals surface area contributed by atoms with Gasteiger partial charge in [0.1, 0.15) is 0 Å². The van der Waals surface area contributed by atoms with Crippen LogP contribution in [0.25, 0.3) is 0 Å². The van der Waals surface area contributed by atoms with Gasteiger partial charge in [0.2, 0.25) is 0 Å². The number of anilines is 2. The third-order valence-corrected chi connectivity index (χ3v) is 4.89. The fourth-order valence-corrected chi connectivity index (χ4v) is 3.42. The number of hydrogen-bond donors (Lipinski definition) is 1. The highest BCUT2D eigenvalue weighted by molar-refractivity contribution is 9.10. The fraction of sp³-hybridized carbons (Fsp3) is 0.400. The number of hydrogen-bond acceptors (Lipinski definition) is 3. The zero-order chi connectivity index (χ0) is 15.6. The average molecular weight is 416 g/mol. The van der Waals surface area contributed by atoms with E-state index in [1.807, 2.05) is 25.2 Å². The zero-order valence-corrected chi connectivity index (χ0v) is 15.7. The lowest BCUT2D eigenvalue weighted by Crippen LogP contribution is -2.20. The molecule has 1 aromatic carbocycles. The standard InChI is InChI=1S/C15H20Br2N4/c1-4-12-15(17)14(21(5-2)19-12)9-20(3)13-7-6-10(16)8-11(13)18/h6-8H,4-5,9,18H2,1-3H3. The van der Waals surface area contributed by atoms with Crippen molar-refractivity contribution in [3.63, 3.8) is 0 Å². The van der Waals surface area contributed by atoms with Crippen LogP contribution in [-0.4, -0.2) is 16.8 Å². The van der Waals surface area contributed by atoms with Crippen LogP contribution in [0.4, 0.5) is 11.4 Å². The van der Waals surface area contributed by atoms with Gasteiger partial charge in [-0.05, 0) is 47.5 Å². The number of benzene rings is 1. The van der Waals surface area contributed by atoms with Gasteiger partial charge in [-0.25, -0.2) is 0 Å². The van der Waals surface area contributed by atoms with Gasteiger partial charge in [0, 0.05) is 18.1 Å². The highest BCUT2D eigenvalue weighted by Crippen LogP contribution is 2.29. The van der Waals surface area contributed by atoms with Gasteiger partial charge in [-0.2, -0.15) is 5.10 Å². The lowest BCUT2D eigenvalue weighted by molar-refractivity contribution is 0.609. The molecule has 0 amide bonds. The van der Waals surface area contributed by atoms with Gasteiger partial charge in [0.15, 0.2) is 0 Å². The highest BCUT2D eigenvalue weighted by Gasteiger charge is 2.16. The Kier molecular flexibility index (Phi) is 5.32. The van der Waals surface area contributed by atoms with Gasteiger partial charge >= 0.3 is 0 Å². The van der Waals surface area contributed by atoms with Gasteiger partial charge < -0.3 is 10.6 Å². The molecule has 0 unspecified atom stereocenters. The predicted octanol–water partition coefficient (Wildman–Crippen LogP) is 4.21. The van der Waals surface area contributed by atoms with Crippen LogP contribution in [0.15, 0.2) is 27.1 Å². The molecule has 21 heavy (non-hydrogen) atoms. The van der Waals surface area contributed by atoms with Gasteiger partial charge in [0.25, 0.3) is 0 Å². The van der Waals surface area contributed by atoms with E-state index < -0.39 is 0 Å². The minimum absolute atomic E-state index is 0.757. The Balaban J connectivity index is 2.31. The smallest absolute Gasteiger partial charge is 0.0767 e. The van der Waals surface area contributed by atoms with E-state index in [0.717, 1.165) is 45.5 Å². The number of aromatic nitrogens is 2. The summed E-state index contributed by atoms with van der Waals surface area (Å²) in [6.07, 6.45) is 0.921. The summed E-state index contributed by atoms with van der Waals surface area (Å²) in [5.74, 6) is 0. The van der Waals surface area contributed by atoms with Crippen LogP contribution >= 0.6 is 31.9 Å². The summed E-state index contributed by atoms with van der Waals surface area (Å²) in [6.45, 7) is 5.84. The first-order valence-corrected chi connectivity index (χ1v) is 8.56. The zero-order valence-electron chi connectivity index (χ0n) is 12.5. The quantitative estimate of drug-likeness (QED) is 0.744. The lowest BCUT2D eigenvalue weighted by atomic mass is 10.2. The molecule has 0 fully saturated rings. The maximum atomic E-state index is 6.11. The van der Waals surface area contributed by atoms with Crippen LogP contribution in [0.1, 0.15) is 25.2 Å². The van der Waals surface area contributed by atoms with Crippen LogP contribution in [0, 0.1) is 0 Å². The number of nitrogen functional groups attached to an aromatic ring is 1. The summed E-state index contributed by atoms with van der Waals surface area (Å²) in [5, 5.41) is 4.63. The molecule has 0 aliphatic carbocycles. The van der Waals surface area contributed by atoms with E-state index in [9.17, 15) is 0 Å². The summed E-state index contributed by atoms with van der Waals surface area (Å²) < 4.78 is 4.15. The van der Waals surface area contributed by atoms with Crippen LogP contribution in [-0.2, 0) is 19.5 Å². The number of rotatable bonds is 5. The summed E-state index contributed by atoms with van der Waals surface area (Å²) in [5.41, 5.74) is 10.2. The maximum Gasteiger partial charge on any atom is 0.0767 e. The molecule has 6 heteroatoms. The largest absolute Gasteiger partial charge is 0.397 e. The van der Waals surface area contributed by atoms with E-state index in [0.29, 0.717) is 0 Å². The monoisotopic (exact) mass is 414 g/mol. The van der Waals surface area contributed by atoms with Gasteiger partial charge in [0.05, 0.1) is 33.8 Å². The first-order chi connectivity index (χ1) is 9.97. The van der Waals surface area contributed by atoms with E-state index in [-0.39, 0.29) is 0 Å². The highest BCUT2D eigenvalue weighted by atomic mass is 79.9. The molecule has 0 bridgehead atoms. The minimum atomic E-state index is 0.757. The number of halogens is 2. The molecular weight excluding hydrogens is 396 g/mol. The lowest BCUT2D eigenvalue weighted by Gasteiger charge is -2.22. The first kappa shape index (κ1) is 16.4. The van der Waals surface area contributed by atoms with Gasteiger partial charge in [-0.1, -0.05) is 22.9 Å². The fourth-order valence-electron chi connectivity index (χ4n) is 2.35. The molecule has 4 nitrogen and oxygen atoms in total. The number of aryl methyl sites for hydroxylation is 2. The molecule has 0 aliphatic heterocycles. The Morgan fingerprint density at radius 3 is 2.57 bits per heavy atom. The van der Waals surface area contributed by atoms with Crippen LogP contribution in [0.3, 0.4) is 0 Å². The molecule has 2 N–H and O–H groups in total. The Bertz CT molecular complexity index is 637. The van der Waals surface area contributed by atoms with Crippen molar-refractivity contribution in [1.82, 2.24) is 9.78 Å². The molecule has 2 rings (SSSR count). The van der Waals surface area contributed by atoms with Crippen LogP contribution in [0.5, 0.6) is 0 Å². The third kappa shape index (κ3) is 3.43. The van der Waals surface area contributed by atoms with Crippen molar-refractivity contribution in [2.24, 2.45) is 0 Å². The van der Waals surface area contributed by atoms with Crippen LogP contribution < -0.4 is 10.6 Å². The third-order valence-electron chi connectivity index (χ3n) is 3.48. The minimum Gasteiger partial charge on any atom is -0.397 e. The van der Waals surface area contributed by atoms with E-state index in [2.05, 4.69) is 60.4 Å². The number of nitrogens with zero attached hydrogens (tertiary/aromatic N) is 3. The molecule has 2 aromatic rings. The summed E-state index contributed by atoms with van der Waals surface area (Å²) >= 11 is 7.12. The molecule has 0 saturated heterocycles. The van der Waals surface area contributed by atoms with Crippen molar-refractivity contribution in [3.05, 3.63) is 38.5 Å². The second-order valence-electron chi connectivity index (χ2n) is 4.94. The SMILES string of the molecule is CCc1nn(CC)c(CN(C)c2ccc(Br)cc2N)c1Br. The van der Waals surface area contributed by atoms with Crippen molar-refractivity contribution in [2.75, 3.05) is 17.7 Å². The Hall–Kier alpha value is -1.01. The normalized spacial score (nSPS) is 10.9. The van der Waals surface area contributed by atoms with E-state index in [1.54, 1.807) is 0 Å². The average Bonchev–Trinajstić information content (AvgIpc) is 2.75. The van der Waals surface area contributed by atoms with Crippen molar-refractivity contribution >= 4 is 43.2 Å². The summed E-state index contributed by atoms with van der Waals surface area (Å²) in [7, 11) is 2.05. The maximum absolute atomic E-state index is 6.11.